The Hall–Kier alpha value is -2.15. The Morgan fingerprint density at radius 2 is 1.86 bits per heavy atom. The fourth-order valence-corrected chi connectivity index (χ4v) is 4.10. The minimum Gasteiger partial charge on any atom is -0.491 e. The van der Waals surface area contributed by atoms with Crippen LogP contribution in [0.3, 0.4) is 0 Å². The number of ether oxygens (including phenoxy) is 1. The molecule has 6 heteroatoms. The number of aromatic amines is 1. The van der Waals surface area contributed by atoms with Crippen LogP contribution in [0, 0.1) is 0 Å². The first kappa shape index (κ1) is 19.2. The molecule has 0 spiro atoms. The molecule has 0 unspecified atom stereocenters. The molecule has 0 amide bonds. The van der Waals surface area contributed by atoms with Gasteiger partial charge in [-0.05, 0) is 41.1 Å². The number of hydrogen-bond acceptors (Lipinski definition) is 3. The van der Waals surface area contributed by atoms with Gasteiger partial charge in [0, 0.05) is 10.5 Å². The Bertz CT molecular complexity index is 914. The van der Waals surface area contributed by atoms with Gasteiger partial charge in [-0.15, -0.1) is 0 Å². The molecule has 3 N–H and O–H groups in total. The van der Waals surface area contributed by atoms with E-state index in [1.807, 2.05) is 36.5 Å². The Morgan fingerprint density at radius 3 is 2.64 bits per heavy atom. The molecule has 1 fully saturated rings. The van der Waals surface area contributed by atoms with Gasteiger partial charge in [0.15, 0.2) is 0 Å². The molecule has 0 radical (unpaired) electrons. The molecular weight excluding hydrogens is 418 g/mol. The van der Waals surface area contributed by atoms with E-state index in [0.29, 0.717) is 13.2 Å². The van der Waals surface area contributed by atoms with Crippen molar-refractivity contribution in [2.45, 2.75) is 6.10 Å². The second-order valence-corrected chi connectivity index (χ2v) is 8.22. The van der Waals surface area contributed by atoms with Crippen molar-refractivity contribution in [3.05, 3.63) is 65.3 Å². The van der Waals surface area contributed by atoms with Crippen LogP contribution in [0.25, 0.3) is 10.8 Å². The topological polar surface area (TPSA) is 51.3 Å². The van der Waals surface area contributed by atoms with Crippen LogP contribution in [0.4, 0.5) is 5.82 Å². The number of benzene rings is 2. The summed E-state index contributed by atoms with van der Waals surface area (Å²) >= 11 is 3.49. The summed E-state index contributed by atoms with van der Waals surface area (Å²) in [5.41, 5.74) is 0. The number of quaternary nitrogens is 1. The summed E-state index contributed by atoms with van der Waals surface area (Å²) < 4.78 is 6.91. The second-order valence-electron chi connectivity index (χ2n) is 7.31. The summed E-state index contributed by atoms with van der Waals surface area (Å²) in [6.45, 7) is 5.05. The first-order valence-corrected chi connectivity index (χ1v) is 10.5. The predicted molar refractivity (Wildman–Crippen MR) is 114 cm³/mol. The maximum Gasteiger partial charge on any atom is 0.274 e. The van der Waals surface area contributed by atoms with E-state index < -0.39 is 6.10 Å². The van der Waals surface area contributed by atoms with Crippen molar-refractivity contribution in [3.8, 4) is 5.75 Å². The van der Waals surface area contributed by atoms with Crippen LogP contribution in [-0.2, 0) is 0 Å². The van der Waals surface area contributed by atoms with Crippen LogP contribution in [0.2, 0.25) is 0 Å². The van der Waals surface area contributed by atoms with Crippen LogP contribution in [0.1, 0.15) is 0 Å². The molecule has 1 aliphatic heterocycles. The van der Waals surface area contributed by atoms with E-state index in [0.717, 1.165) is 47.6 Å². The third kappa shape index (κ3) is 4.82. The van der Waals surface area contributed by atoms with Gasteiger partial charge in [0.05, 0.1) is 6.20 Å². The number of nitrogens with zero attached hydrogens (tertiary/aromatic N) is 1. The molecule has 0 bridgehead atoms. The zero-order valence-electron chi connectivity index (χ0n) is 15.8. The lowest BCUT2D eigenvalue weighted by atomic mass is 10.1. The molecule has 1 aliphatic rings. The van der Waals surface area contributed by atoms with Gasteiger partial charge in [-0.1, -0.05) is 34.1 Å². The van der Waals surface area contributed by atoms with Gasteiger partial charge in [0.1, 0.15) is 51.2 Å². The fourth-order valence-electron chi connectivity index (χ4n) is 3.72. The van der Waals surface area contributed by atoms with E-state index in [4.69, 9.17) is 4.74 Å². The number of pyridine rings is 1. The Kier molecular flexibility index (Phi) is 6.10. The van der Waals surface area contributed by atoms with E-state index in [2.05, 4.69) is 50.1 Å². The van der Waals surface area contributed by atoms with Crippen LogP contribution in [0.15, 0.2) is 65.3 Å². The minimum absolute atomic E-state index is 0.321. The van der Waals surface area contributed by atoms with E-state index >= 15 is 0 Å². The Labute approximate surface area is 173 Å². The minimum atomic E-state index is -0.467. The number of hydrogen-bond donors (Lipinski definition) is 2. The molecule has 3 aromatic rings. The molecule has 4 rings (SSSR count). The van der Waals surface area contributed by atoms with E-state index in [-0.39, 0.29) is 0 Å². The van der Waals surface area contributed by atoms with Gasteiger partial charge in [-0.2, -0.15) is 0 Å². The van der Waals surface area contributed by atoms with E-state index in [1.165, 1.54) is 10.3 Å². The molecule has 2 aromatic carbocycles. The highest BCUT2D eigenvalue weighted by Gasteiger charge is 2.27. The summed E-state index contributed by atoms with van der Waals surface area (Å²) in [7, 11) is 0. The maximum atomic E-state index is 10.4. The van der Waals surface area contributed by atoms with Gasteiger partial charge < -0.3 is 14.7 Å². The second kappa shape index (κ2) is 8.90. The number of halogens is 1. The number of rotatable bonds is 6. The summed E-state index contributed by atoms with van der Waals surface area (Å²) in [5, 5.41) is 12.7. The highest BCUT2D eigenvalue weighted by atomic mass is 79.9. The summed E-state index contributed by atoms with van der Waals surface area (Å²) in [4.78, 5) is 7.08. The number of nitrogens with one attached hydrogen (secondary N) is 2. The number of fused-ring (bicyclic) bond motifs is 1. The Morgan fingerprint density at radius 1 is 1.07 bits per heavy atom. The molecule has 0 saturated carbocycles. The Balaban J connectivity index is 1.25. The van der Waals surface area contributed by atoms with Gasteiger partial charge in [-0.25, -0.2) is 4.98 Å². The summed E-state index contributed by atoms with van der Waals surface area (Å²) in [5.74, 6) is 1.96. The summed E-state index contributed by atoms with van der Waals surface area (Å²) in [6.07, 6.45) is 1.49. The van der Waals surface area contributed by atoms with Crippen molar-refractivity contribution >= 4 is 32.5 Å². The van der Waals surface area contributed by atoms with Gasteiger partial charge in [0.2, 0.25) is 0 Å². The zero-order chi connectivity index (χ0) is 19.3. The number of H-pyrrole nitrogens is 1. The van der Waals surface area contributed by atoms with Crippen molar-refractivity contribution < 1.29 is 19.7 Å². The number of aliphatic hydroxyl groups excluding tert-OH is 1. The van der Waals surface area contributed by atoms with Crippen LogP contribution in [0.5, 0.6) is 5.75 Å². The van der Waals surface area contributed by atoms with Crippen LogP contribution >= 0.6 is 15.9 Å². The lowest BCUT2D eigenvalue weighted by Gasteiger charge is -2.29. The average molecular weight is 444 g/mol. The van der Waals surface area contributed by atoms with Crippen molar-refractivity contribution in [1.29, 1.82) is 0 Å². The van der Waals surface area contributed by atoms with Crippen molar-refractivity contribution in [2.75, 3.05) is 44.2 Å². The standard InChI is InChI=1S/C22H24BrN3O2/c23-19-6-4-18-14-21(7-5-17(18)13-19)28-16-20(27)15-25-9-11-26(12-10-25)22-3-1-2-8-24-22/h1-8,13-14,20,27H,9-12,15-16H2/p+2/t20-/m0/s1. The third-order valence-corrected chi connectivity index (χ3v) is 5.74. The highest BCUT2D eigenvalue weighted by molar-refractivity contribution is 9.10. The van der Waals surface area contributed by atoms with Crippen molar-refractivity contribution in [1.82, 2.24) is 0 Å². The molecule has 146 valence electrons. The predicted octanol–water partition coefficient (Wildman–Crippen LogP) is 1.56. The number of piperazine rings is 1. The van der Waals surface area contributed by atoms with E-state index in [9.17, 15) is 5.11 Å². The third-order valence-electron chi connectivity index (χ3n) is 5.24. The van der Waals surface area contributed by atoms with Gasteiger partial charge in [-0.3, -0.25) is 4.90 Å². The fraction of sp³-hybridized carbons (Fsp3) is 0.318. The summed E-state index contributed by atoms with van der Waals surface area (Å²) in [6, 6.07) is 18.4. The van der Waals surface area contributed by atoms with Crippen LogP contribution in [-0.4, -0.2) is 50.5 Å². The molecule has 1 aromatic heterocycles. The normalized spacial score (nSPS) is 16.3. The smallest absolute Gasteiger partial charge is 0.274 e. The SMILES string of the molecule is O[C@H](COc1ccc2cc(Br)ccc2c1)C[NH+]1CCN(c2cccc[nH+]2)CC1. The molecule has 28 heavy (non-hydrogen) atoms. The molecule has 0 aliphatic carbocycles. The average Bonchev–Trinajstić information content (AvgIpc) is 2.73. The number of aromatic nitrogens is 1. The first-order chi connectivity index (χ1) is 13.7. The zero-order valence-corrected chi connectivity index (χ0v) is 17.4. The lowest BCUT2D eigenvalue weighted by Crippen LogP contribution is -3.16. The van der Waals surface area contributed by atoms with Crippen LogP contribution < -0.4 is 19.5 Å². The van der Waals surface area contributed by atoms with Crippen molar-refractivity contribution in [3.63, 3.8) is 0 Å². The highest BCUT2D eigenvalue weighted by Crippen LogP contribution is 2.24. The van der Waals surface area contributed by atoms with Crippen molar-refractivity contribution in [2.24, 2.45) is 0 Å². The number of anilines is 1. The van der Waals surface area contributed by atoms with Gasteiger partial charge in [0.25, 0.3) is 5.82 Å². The quantitative estimate of drug-likeness (QED) is 0.607. The maximum absolute atomic E-state index is 10.4. The molecule has 1 atom stereocenters. The largest absolute Gasteiger partial charge is 0.491 e. The lowest BCUT2D eigenvalue weighted by molar-refractivity contribution is -0.903. The first-order valence-electron chi connectivity index (χ1n) is 9.73. The molecular formula is C22H26BrN3O2+2. The molecule has 1 saturated heterocycles. The molecule has 5 nitrogen and oxygen atoms in total. The number of aliphatic hydroxyl groups is 1. The molecule has 2 heterocycles. The van der Waals surface area contributed by atoms with E-state index in [1.54, 1.807) is 0 Å². The monoisotopic (exact) mass is 443 g/mol. The van der Waals surface area contributed by atoms with Gasteiger partial charge >= 0.3 is 0 Å².